The molecule has 1 heterocycles. The lowest BCUT2D eigenvalue weighted by atomic mass is 10.0. The molecule has 3 aromatic carbocycles. The smallest absolute Gasteiger partial charge is 0.131 e. The van der Waals surface area contributed by atoms with Gasteiger partial charge in [0.05, 0.1) is 5.69 Å². The highest BCUT2D eigenvalue weighted by molar-refractivity contribution is 6.30. The van der Waals surface area contributed by atoms with Crippen molar-refractivity contribution in [2.45, 2.75) is 45.6 Å². The zero-order chi connectivity index (χ0) is 23.2. The van der Waals surface area contributed by atoms with Gasteiger partial charge in [-0.2, -0.15) is 0 Å². The van der Waals surface area contributed by atoms with E-state index in [9.17, 15) is 0 Å². The van der Waals surface area contributed by atoms with Crippen molar-refractivity contribution < 1.29 is 0 Å². The van der Waals surface area contributed by atoms with Gasteiger partial charge in [-0.1, -0.05) is 56.5 Å². The quantitative estimate of drug-likeness (QED) is 0.302. The van der Waals surface area contributed by atoms with Gasteiger partial charge in [-0.3, -0.25) is 4.90 Å². The summed E-state index contributed by atoms with van der Waals surface area (Å²) in [5, 5.41) is 3.10. The number of hydrogen-bond acceptors (Lipinski definition) is 3. The zero-order valence-corrected chi connectivity index (χ0v) is 20.6. The maximum atomic E-state index is 6.29. The van der Waals surface area contributed by atoms with E-state index in [2.05, 4.69) is 65.0 Å². The fourth-order valence-corrected chi connectivity index (χ4v) is 4.86. The highest BCUT2D eigenvalue weighted by atomic mass is 35.5. The molecule has 174 valence electrons. The molecule has 1 saturated heterocycles. The molecule has 0 bridgehead atoms. The minimum Gasteiger partial charge on any atom is -0.383 e. The van der Waals surface area contributed by atoms with Crippen LogP contribution in [-0.2, 0) is 0 Å². The van der Waals surface area contributed by atoms with Crippen LogP contribution in [0.4, 0.5) is 11.4 Å². The van der Waals surface area contributed by atoms with Crippen molar-refractivity contribution in [3.8, 4) is 0 Å². The molecule has 0 aromatic heterocycles. The molecule has 0 aliphatic carbocycles. The fourth-order valence-electron chi connectivity index (χ4n) is 4.74. The zero-order valence-electron chi connectivity index (χ0n) is 19.8. The Morgan fingerprint density at radius 2 is 1.64 bits per heavy atom. The summed E-state index contributed by atoms with van der Waals surface area (Å²) in [7, 11) is 0. The molecule has 1 unspecified atom stereocenters. The number of rotatable bonds is 8. The van der Waals surface area contributed by atoms with Crippen LogP contribution in [0.25, 0.3) is 10.8 Å². The van der Waals surface area contributed by atoms with E-state index in [0.717, 1.165) is 43.5 Å². The molecule has 1 atom stereocenters. The molecular weight excluding hydrogens is 428 g/mol. The van der Waals surface area contributed by atoms with E-state index < -0.39 is 0 Å². The molecular formula is C28H35ClN4. The number of anilines is 1. The number of fused-ring (bicyclic) bond motifs is 1. The number of halogens is 1. The lowest BCUT2D eigenvalue weighted by Gasteiger charge is -2.40. The Labute approximate surface area is 203 Å². The van der Waals surface area contributed by atoms with E-state index in [0.29, 0.717) is 10.9 Å². The van der Waals surface area contributed by atoms with Gasteiger partial charge in [-0.05, 0) is 66.1 Å². The standard InChI is InChI=1S/C28H35ClN4/c1-3-5-6-26(4-2)32-15-17-33(18-16-32)27-14-9-21-19-23(8-7-22(21)20-27)28(30)31-25-12-10-24(29)11-13-25/h7-14,19-20,26H,3-6,15-18H2,1-2H3,(H2,30,31). The number of nitrogens with zero attached hydrogens (tertiary/aromatic N) is 3. The molecule has 0 amide bonds. The number of benzene rings is 3. The molecule has 1 aliphatic heterocycles. The van der Waals surface area contributed by atoms with E-state index >= 15 is 0 Å². The largest absolute Gasteiger partial charge is 0.383 e. The average molecular weight is 463 g/mol. The first-order valence-corrected chi connectivity index (χ1v) is 12.6. The average Bonchev–Trinajstić information content (AvgIpc) is 2.85. The monoisotopic (exact) mass is 462 g/mol. The van der Waals surface area contributed by atoms with Crippen LogP contribution in [0.1, 0.15) is 45.1 Å². The predicted octanol–water partition coefficient (Wildman–Crippen LogP) is 6.62. The highest BCUT2D eigenvalue weighted by Gasteiger charge is 2.22. The van der Waals surface area contributed by atoms with Crippen LogP contribution in [-0.4, -0.2) is 43.0 Å². The van der Waals surface area contributed by atoms with Gasteiger partial charge in [0.25, 0.3) is 0 Å². The van der Waals surface area contributed by atoms with E-state index in [-0.39, 0.29) is 0 Å². The Bertz CT molecular complexity index is 1080. The number of piperazine rings is 1. The van der Waals surface area contributed by atoms with E-state index in [1.54, 1.807) is 0 Å². The molecule has 0 spiro atoms. The van der Waals surface area contributed by atoms with E-state index in [1.165, 1.54) is 42.1 Å². The van der Waals surface area contributed by atoms with Crippen LogP contribution in [0.3, 0.4) is 0 Å². The molecule has 33 heavy (non-hydrogen) atoms. The molecule has 1 aliphatic rings. The van der Waals surface area contributed by atoms with Crippen LogP contribution in [0.15, 0.2) is 65.7 Å². The third kappa shape index (κ3) is 5.87. The summed E-state index contributed by atoms with van der Waals surface area (Å²) < 4.78 is 0. The predicted molar refractivity (Wildman–Crippen MR) is 143 cm³/mol. The first-order chi connectivity index (χ1) is 16.1. The van der Waals surface area contributed by atoms with Crippen LogP contribution < -0.4 is 10.6 Å². The van der Waals surface area contributed by atoms with Crippen molar-refractivity contribution in [2.24, 2.45) is 10.7 Å². The molecule has 4 nitrogen and oxygen atoms in total. The Hall–Kier alpha value is -2.56. The van der Waals surface area contributed by atoms with Crippen LogP contribution in [0, 0.1) is 0 Å². The van der Waals surface area contributed by atoms with Crippen molar-refractivity contribution in [2.75, 3.05) is 31.1 Å². The molecule has 1 fully saturated rings. The number of amidine groups is 1. The normalized spacial score (nSPS) is 16.3. The van der Waals surface area contributed by atoms with Gasteiger partial charge in [-0.15, -0.1) is 0 Å². The van der Waals surface area contributed by atoms with Gasteiger partial charge in [-0.25, -0.2) is 4.99 Å². The summed E-state index contributed by atoms with van der Waals surface area (Å²) in [4.78, 5) is 9.76. The fraction of sp³-hybridized carbons (Fsp3) is 0.393. The molecule has 0 saturated carbocycles. The summed E-state index contributed by atoms with van der Waals surface area (Å²) >= 11 is 5.96. The molecule has 5 heteroatoms. The molecule has 0 radical (unpaired) electrons. The molecule has 4 rings (SSSR count). The summed E-state index contributed by atoms with van der Waals surface area (Å²) in [5.74, 6) is 0.507. The van der Waals surface area contributed by atoms with Crippen molar-refractivity contribution in [3.63, 3.8) is 0 Å². The van der Waals surface area contributed by atoms with Crippen LogP contribution in [0.5, 0.6) is 0 Å². The van der Waals surface area contributed by atoms with E-state index in [1.807, 2.05) is 24.3 Å². The SMILES string of the molecule is CCCCC(CC)N1CCN(c2ccc3cc(C(N)=Nc4ccc(Cl)cc4)ccc3c2)CC1. The summed E-state index contributed by atoms with van der Waals surface area (Å²) in [5.41, 5.74) is 9.32. The van der Waals surface area contributed by atoms with Crippen LogP contribution >= 0.6 is 11.6 Å². The second-order valence-electron chi connectivity index (χ2n) is 8.95. The summed E-state index contributed by atoms with van der Waals surface area (Å²) in [6.45, 7) is 9.10. The Balaban J connectivity index is 1.44. The lowest BCUT2D eigenvalue weighted by molar-refractivity contribution is 0.169. The maximum absolute atomic E-state index is 6.29. The Morgan fingerprint density at radius 3 is 2.33 bits per heavy atom. The second kappa shape index (κ2) is 11.0. The van der Waals surface area contributed by atoms with Gasteiger partial charge in [0.15, 0.2) is 0 Å². The van der Waals surface area contributed by atoms with Crippen molar-refractivity contribution in [3.05, 3.63) is 71.2 Å². The maximum Gasteiger partial charge on any atom is 0.131 e. The first kappa shape index (κ1) is 23.6. The molecule has 3 aromatic rings. The van der Waals surface area contributed by atoms with Gasteiger partial charge in [0, 0.05) is 48.5 Å². The number of hydrogen-bond donors (Lipinski definition) is 1. The third-order valence-electron chi connectivity index (χ3n) is 6.75. The number of aliphatic imine (C=N–C) groups is 1. The van der Waals surface area contributed by atoms with Crippen molar-refractivity contribution in [1.82, 2.24) is 4.90 Å². The topological polar surface area (TPSA) is 44.9 Å². The minimum absolute atomic E-state index is 0.507. The summed E-state index contributed by atoms with van der Waals surface area (Å²) in [6.07, 6.45) is 5.20. The van der Waals surface area contributed by atoms with E-state index in [4.69, 9.17) is 17.3 Å². The van der Waals surface area contributed by atoms with Crippen molar-refractivity contribution >= 4 is 39.6 Å². The number of unbranched alkanes of at least 4 members (excludes halogenated alkanes) is 1. The Morgan fingerprint density at radius 1 is 0.939 bits per heavy atom. The van der Waals surface area contributed by atoms with Crippen molar-refractivity contribution in [1.29, 1.82) is 0 Å². The first-order valence-electron chi connectivity index (χ1n) is 12.2. The minimum atomic E-state index is 0.507. The highest BCUT2D eigenvalue weighted by Crippen LogP contribution is 2.26. The van der Waals surface area contributed by atoms with Crippen LogP contribution in [0.2, 0.25) is 5.02 Å². The van der Waals surface area contributed by atoms with Gasteiger partial charge in [0.2, 0.25) is 0 Å². The molecule has 2 N–H and O–H groups in total. The third-order valence-corrected chi connectivity index (χ3v) is 7.01. The number of nitrogens with two attached hydrogens (primary N) is 1. The second-order valence-corrected chi connectivity index (χ2v) is 9.38. The Kier molecular flexibility index (Phi) is 7.89. The summed E-state index contributed by atoms with van der Waals surface area (Å²) in [6, 6.07) is 21.2. The lowest BCUT2D eigenvalue weighted by Crippen LogP contribution is -2.50. The van der Waals surface area contributed by atoms with Gasteiger partial charge in [0.1, 0.15) is 5.84 Å². The van der Waals surface area contributed by atoms with Gasteiger partial charge < -0.3 is 10.6 Å². The van der Waals surface area contributed by atoms with Gasteiger partial charge >= 0.3 is 0 Å².